The fourth-order valence-corrected chi connectivity index (χ4v) is 2.85. The second kappa shape index (κ2) is 6.32. The molecule has 1 amide bonds. The fraction of sp³-hybridized carbons (Fsp3) is 0.316. The van der Waals surface area contributed by atoms with E-state index < -0.39 is 0 Å². The molecule has 0 unspecified atom stereocenters. The van der Waals surface area contributed by atoms with Gasteiger partial charge in [0.05, 0.1) is 6.04 Å². The molecular formula is C19H21NO3. The Morgan fingerprint density at radius 1 is 1.04 bits per heavy atom. The maximum Gasteiger partial charge on any atom is 0.251 e. The second-order valence-corrected chi connectivity index (χ2v) is 5.91. The first-order chi connectivity index (χ1) is 11.0. The van der Waals surface area contributed by atoms with E-state index in [0.717, 1.165) is 5.56 Å². The lowest BCUT2D eigenvalue weighted by Gasteiger charge is -2.20. The fourth-order valence-electron chi connectivity index (χ4n) is 2.85. The van der Waals surface area contributed by atoms with Gasteiger partial charge < -0.3 is 14.8 Å². The monoisotopic (exact) mass is 311 g/mol. The summed E-state index contributed by atoms with van der Waals surface area (Å²) in [7, 11) is 0. The Balaban J connectivity index is 1.76. The van der Waals surface area contributed by atoms with Gasteiger partial charge in [0, 0.05) is 5.56 Å². The van der Waals surface area contributed by atoms with E-state index in [1.165, 1.54) is 11.1 Å². The van der Waals surface area contributed by atoms with Gasteiger partial charge in [-0.05, 0) is 50.1 Å². The van der Waals surface area contributed by atoms with E-state index in [9.17, 15) is 4.79 Å². The number of hydrogen-bond donors (Lipinski definition) is 1. The predicted octanol–water partition coefficient (Wildman–Crippen LogP) is 3.57. The number of ether oxygens (including phenoxy) is 2. The molecule has 0 spiro atoms. The molecule has 2 aromatic rings. The number of carbonyl (C=O) groups is 1. The highest BCUT2D eigenvalue weighted by Crippen LogP contribution is 2.31. The third kappa shape index (κ3) is 3.31. The molecule has 1 N–H and O–H groups in total. The van der Waals surface area contributed by atoms with Gasteiger partial charge >= 0.3 is 0 Å². The highest BCUT2D eigenvalue weighted by molar-refractivity contribution is 5.95. The molecule has 1 aliphatic rings. The minimum atomic E-state index is -0.116. The molecule has 4 heteroatoms. The van der Waals surface area contributed by atoms with E-state index in [2.05, 4.69) is 37.4 Å². The zero-order valence-corrected chi connectivity index (χ0v) is 13.7. The summed E-state index contributed by atoms with van der Waals surface area (Å²) in [6.45, 7) is 7.18. The Hall–Kier alpha value is -2.49. The van der Waals surface area contributed by atoms with Crippen LogP contribution >= 0.6 is 0 Å². The minimum absolute atomic E-state index is 0.0590. The Kier molecular flexibility index (Phi) is 4.24. The molecule has 0 saturated carbocycles. The molecule has 2 aromatic carbocycles. The number of carbonyl (C=O) groups excluding carboxylic acids is 1. The third-order valence-corrected chi connectivity index (χ3v) is 4.04. The Morgan fingerprint density at radius 3 is 2.52 bits per heavy atom. The van der Waals surface area contributed by atoms with Gasteiger partial charge in [-0.2, -0.15) is 0 Å². The lowest BCUT2D eigenvalue weighted by Crippen LogP contribution is -2.27. The molecule has 0 radical (unpaired) electrons. The van der Waals surface area contributed by atoms with E-state index in [-0.39, 0.29) is 11.9 Å². The van der Waals surface area contributed by atoms with Gasteiger partial charge in [-0.15, -0.1) is 0 Å². The average molecular weight is 311 g/mol. The molecule has 1 atom stereocenters. The number of nitrogens with one attached hydrogen (secondary N) is 1. The van der Waals surface area contributed by atoms with Crippen molar-refractivity contribution in [2.24, 2.45) is 0 Å². The summed E-state index contributed by atoms with van der Waals surface area (Å²) in [6.07, 6.45) is 0. The van der Waals surface area contributed by atoms with Crippen LogP contribution in [0.3, 0.4) is 0 Å². The number of benzene rings is 2. The lowest BCUT2D eigenvalue weighted by atomic mass is 10.00. The summed E-state index contributed by atoms with van der Waals surface area (Å²) < 4.78 is 11.0. The Morgan fingerprint density at radius 2 is 1.78 bits per heavy atom. The predicted molar refractivity (Wildman–Crippen MR) is 89.2 cm³/mol. The van der Waals surface area contributed by atoms with E-state index in [1.54, 1.807) is 18.2 Å². The molecule has 0 fully saturated rings. The molecule has 0 saturated heterocycles. The van der Waals surface area contributed by atoms with Crippen molar-refractivity contribution < 1.29 is 14.3 Å². The molecule has 4 nitrogen and oxygen atoms in total. The van der Waals surface area contributed by atoms with Gasteiger partial charge in [0.25, 0.3) is 5.91 Å². The molecule has 3 rings (SSSR count). The van der Waals surface area contributed by atoms with Crippen LogP contribution in [0.5, 0.6) is 11.5 Å². The maximum atomic E-state index is 12.5. The standard InChI is InChI=1S/C19H21NO3/c1-12-4-6-16(13(2)10-12)14(3)20-19(21)15-5-7-17-18(11-15)23-9-8-22-17/h4-7,10-11,14H,8-9H2,1-3H3,(H,20,21)/t14-/m0/s1. The highest BCUT2D eigenvalue weighted by Gasteiger charge is 2.17. The first-order valence-corrected chi connectivity index (χ1v) is 7.82. The van der Waals surface area contributed by atoms with Gasteiger partial charge in [-0.1, -0.05) is 23.8 Å². The third-order valence-electron chi connectivity index (χ3n) is 4.04. The number of rotatable bonds is 3. The van der Waals surface area contributed by atoms with E-state index in [1.807, 2.05) is 6.92 Å². The lowest BCUT2D eigenvalue weighted by molar-refractivity contribution is 0.0938. The van der Waals surface area contributed by atoms with Gasteiger partial charge in [-0.3, -0.25) is 4.79 Å². The normalized spacial score (nSPS) is 14.2. The molecule has 23 heavy (non-hydrogen) atoms. The summed E-state index contributed by atoms with van der Waals surface area (Å²) in [5.41, 5.74) is 4.10. The smallest absolute Gasteiger partial charge is 0.251 e. The summed E-state index contributed by atoms with van der Waals surface area (Å²) in [5, 5.41) is 3.04. The van der Waals surface area contributed by atoms with Crippen molar-refractivity contribution in [1.82, 2.24) is 5.32 Å². The van der Waals surface area contributed by atoms with Crippen molar-refractivity contribution >= 4 is 5.91 Å². The van der Waals surface area contributed by atoms with Crippen molar-refractivity contribution in [3.8, 4) is 11.5 Å². The van der Waals surface area contributed by atoms with E-state index >= 15 is 0 Å². The van der Waals surface area contributed by atoms with Gasteiger partial charge in [-0.25, -0.2) is 0 Å². The van der Waals surface area contributed by atoms with Crippen LogP contribution in [0, 0.1) is 13.8 Å². The second-order valence-electron chi connectivity index (χ2n) is 5.91. The largest absolute Gasteiger partial charge is 0.486 e. The highest BCUT2D eigenvalue weighted by atomic mass is 16.6. The van der Waals surface area contributed by atoms with E-state index in [0.29, 0.717) is 30.3 Å². The van der Waals surface area contributed by atoms with Crippen LogP contribution in [-0.4, -0.2) is 19.1 Å². The molecule has 1 heterocycles. The number of amides is 1. The van der Waals surface area contributed by atoms with Crippen LogP contribution in [-0.2, 0) is 0 Å². The van der Waals surface area contributed by atoms with Crippen molar-refractivity contribution in [2.75, 3.05) is 13.2 Å². The summed E-state index contributed by atoms with van der Waals surface area (Å²) >= 11 is 0. The van der Waals surface area contributed by atoms with E-state index in [4.69, 9.17) is 9.47 Å². The quantitative estimate of drug-likeness (QED) is 0.942. The zero-order chi connectivity index (χ0) is 16.4. The summed E-state index contributed by atoms with van der Waals surface area (Å²) in [5.74, 6) is 1.20. The topological polar surface area (TPSA) is 47.6 Å². The first-order valence-electron chi connectivity index (χ1n) is 7.82. The van der Waals surface area contributed by atoms with Crippen LogP contribution in [0.15, 0.2) is 36.4 Å². The summed E-state index contributed by atoms with van der Waals surface area (Å²) in [4.78, 5) is 12.5. The van der Waals surface area contributed by atoms with Crippen molar-refractivity contribution in [1.29, 1.82) is 0 Å². The Bertz CT molecular complexity index is 739. The van der Waals surface area contributed by atoms with Crippen LogP contribution in [0.1, 0.15) is 40.0 Å². The van der Waals surface area contributed by atoms with Crippen molar-refractivity contribution in [3.05, 3.63) is 58.7 Å². The molecule has 1 aliphatic heterocycles. The van der Waals surface area contributed by atoms with Gasteiger partial charge in [0.15, 0.2) is 11.5 Å². The number of fused-ring (bicyclic) bond motifs is 1. The van der Waals surface area contributed by atoms with Gasteiger partial charge in [0.1, 0.15) is 13.2 Å². The Labute approximate surface area is 136 Å². The first kappa shape index (κ1) is 15.4. The average Bonchev–Trinajstić information content (AvgIpc) is 2.54. The zero-order valence-electron chi connectivity index (χ0n) is 13.7. The van der Waals surface area contributed by atoms with Gasteiger partial charge in [0.2, 0.25) is 0 Å². The van der Waals surface area contributed by atoms with Crippen LogP contribution in [0.2, 0.25) is 0 Å². The summed E-state index contributed by atoms with van der Waals surface area (Å²) in [6, 6.07) is 11.5. The van der Waals surface area contributed by atoms with Crippen LogP contribution in [0.25, 0.3) is 0 Å². The molecule has 0 aliphatic carbocycles. The SMILES string of the molecule is Cc1ccc([C@H](C)NC(=O)c2ccc3c(c2)OCCO3)c(C)c1. The maximum absolute atomic E-state index is 12.5. The molecule has 0 bridgehead atoms. The molecule has 0 aromatic heterocycles. The van der Waals surface area contributed by atoms with Crippen LogP contribution < -0.4 is 14.8 Å². The van der Waals surface area contributed by atoms with Crippen LogP contribution in [0.4, 0.5) is 0 Å². The molecule has 120 valence electrons. The molecular weight excluding hydrogens is 290 g/mol. The number of hydrogen-bond acceptors (Lipinski definition) is 3. The van der Waals surface area contributed by atoms with Crippen molar-refractivity contribution in [2.45, 2.75) is 26.8 Å². The van der Waals surface area contributed by atoms with Crippen molar-refractivity contribution in [3.63, 3.8) is 0 Å². The minimum Gasteiger partial charge on any atom is -0.486 e. The number of aryl methyl sites for hydroxylation is 2.